The average Bonchev–Trinajstić information content (AvgIpc) is 3.13. The SMILES string of the molecule is COCCN(c1nccc(C)c1C(=N)N)C1CC1. The summed E-state index contributed by atoms with van der Waals surface area (Å²) in [6, 6.07) is 2.41. The number of aryl methyl sites for hydroxylation is 1. The Labute approximate surface area is 107 Å². The minimum absolute atomic E-state index is 0.0821. The fourth-order valence-electron chi connectivity index (χ4n) is 2.13. The highest BCUT2D eigenvalue weighted by Gasteiger charge is 2.31. The van der Waals surface area contributed by atoms with E-state index >= 15 is 0 Å². The molecule has 18 heavy (non-hydrogen) atoms. The molecule has 1 aliphatic rings. The maximum atomic E-state index is 7.73. The van der Waals surface area contributed by atoms with Crippen molar-refractivity contribution < 1.29 is 4.74 Å². The maximum Gasteiger partial charge on any atom is 0.140 e. The predicted octanol–water partition coefficient (Wildman–Crippen LogP) is 1.29. The molecule has 2 rings (SSSR count). The zero-order chi connectivity index (χ0) is 13.1. The molecule has 1 saturated carbocycles. The van der Waals surface area contributed by atoms with Crippen LogP contribution >= 0.6 is 0 Å². The van der Waals surface area contributed by atoms with Gasteiger partial charge in [0.05, 0.1) is 12.2 Å². The van der Waals surface area contributed by atoms with Gasteiger partial charge in [0.15, 0.2) is 0 Å². The molecule has 0 bridgehead atoms. The highest BCUT2D eigenvalue weighted by molar-refractivity contribution is 6.01. The number of nitrogens with zero attached hydrogens (tertiary/aromatic N) is 2. The summed E-state index contributed by atoms with van der Waals surface area (Å²) >= 11 is 0. The smallest absolute Gasteiger partial charge is 0.140 e. The van der Waals surface area contributed by atoms with Crippen molar-refractivity contribution in [2.45, 2.75) is 25.8 Å². The summed E-state index contributed by atoms with van der Waals surface area (Å²) < 4.78 is 5.15. The molecular formula is C13H20N4O. The van der Waals surface area contributed by atoms with E-state index in [2.05, 4.69) is 9.88 Å². The summed E-state index contributed by atoms with van der Waals surface area (Å²) in [6.07, 6.45) is 4.13. The van der Waals surface area contributed by atoms with Crippen molar-refractivity contribution in [2.75, 3.05) is 25.2 Å². The zero-order valence-corrected chi connectivity index (χ0v) is 10.9. The Kier molecular flexibility index (Phi) is 3.81. The topological polar surface area (TPSA) is 75.2 Å². The van der Waals surface area contributed by atoms with E-state index in [1.807, 2.05) is 13.0 Å². The van der Waals surface area contributed by atoms with Gasteiger partial charge >= 0.3 is 0 Å². The van der Waals surface area contributed by atoms with Crippen LogP contribution in [0.5, 0.6) is 0 Å². The lowest BCUT2D eigenvalue weighted by Crippen LogP contribution is -2.33. The monoisotopic (exact) mass is 248 g/mol. The molecule has 0 atom stereocenters. The number of ether oxygens (including phenoxy) is 1. The van der Waals surface area contributed by atoms with Crippen LogP contribution in [0.1, 0.15) is 24.0 Å². The molecule has 0 aliphatic heterocycles. The fraction of sp³-hybridized carbons (Fsp3) is 0.538. The van der Waals surface area contributed by atoms with Crippen molar-refractivity contribution >= 4 is 11.7 Å². The third-order valence-electron chi connectivity index (χ3n) is 3.20. The molecule has 0 radical (unpaired) electrons. The van der Waals surface area contributed by atoms with Crippen LogP contribution in [-0.4, -0.2) is 37.1 Å². The normalized spacial score (nSPS) is 14.6. The summed E-state index contributed by atoms with van der Waals surface area (Å²) in [5.74, 6) is 0.903. The molecule has 1 aromatic rings. The molecule has 5 nitrogen and oxygen atoms in total. The number of hydrogen-bond donors (Lipinski definition) is 2. The van der Waals surface area contributed by atoms with Gasteiger partial charge in [0, 0.05) is 25.9 Å². The number of methoxy groups -OCH3 is 1. The van der Waals surface area contributed by atoms with E-state index in [0.29, 0.717) is 12.6 Å². The Morgan fingerprint density at radius 1 is 1.61 bits per heavy atom. The first-order valence-corrected chi connectivity index (χ1v) is 6.20. The lowest BCUT2D eigenvalue weighted by atomic mass is 10.1. The summed E-state index contributed by atoms with van der Waals surface area (Å²) in [6.45, 7) is 3.41. The van der Waals surface area contributed by atoms with Crippen molar-refractivity contribution in [3.8, 4) is 0 Å². The largest absolute Gasteiger partial charge is 0.384 e. The van der Waals surface area contributed by atoms with E-state index in [-0.39, 0.29) is 5.84 Å². The van der Waals surface area contributed by atoms with Gasteiger partial charge in [0.2, 0.25) is 0 Å². The number of nitrogens with two attached hydrogens (primary N) is 1. The Morgan fingerprint density at radius 2 is 2.33 bits per heavy atom. The van der Waals surface area contributed by atoms with Gasteiger partial charge < -0.3 is 15.4 Å². The molecular weight excluding hydrogens is 228 g/mol. The minimum atomic E-state index is 0.0821. The number of nitrogen functional groups attached to an aromatic ring is 1. The lowest BCUT2D eigenvalue weighted by molar-refractivity contribution is 0.204. The Hall–Kier alpha value is -1.62. The van der Waals surface area contributed by atoms with E-state index in [4.69, 9.17) is 15.9 Å². The molecule has 98 valence electrons. The van der Waals surface area contributed by atoms with Crippen molar-refractivity contribution in [1.29, 1.82) is 5.41 Å². The van der Waals surface area contributed by atoms with E-state index in [0.717, 1.165) is 23.5 Å². The molecule has 0 amide bonds. The number of anilines is 1. The van der Waals surface area contributed by atoms with E-state index < -0.39 is 0 Å². The van der Waals surface area contributed by atoms with E-state index in [1.54, 1.807) is 13.3 Å². The Morgan fingerprint density at radius 3 is 2.89 bits per heavy atom. The first kappa shape index (κ1) is 12.8. The van der Waals surface area contributed by atoms with Crippen molar-refractivity contribution in [3.63, 3.8) is 0 Å². The maximum absolute atomic E-state index is 7.73. The van der Waals surface area contributed by atoms with Crippen LogP contribution in [-0.2, 0) is 4.74 Å². The zero-order valence-electron chi connectivity index (χ0n) is 10.9. The van der Waals surface area contributed by atoms with Gasteiger partial charge in [-0.2, -0.15) is 0 Å². The highest BCUT2D eigenvalue weighted by atomic mass is 16.5. The minimum Gasteiger partial charge on any atom is -0.384 e. The molecule has 0 saturated heterocycles. The predicted molar refractivity (Wildman–Crippen MR) is 72.2 cm³/mol. The van der Waals surface area contributed by atoms with Crippen molar-refractivity contribution in [1.82, 2.24) is 4.98 Å². The molecule has 5 heteroatoms. The second-order valence-electron chi connectivity index (χ2n) is 4.66. The summed E-state index contributed by atoms with van der Waals surface area (Å²) in [7, 11) is 1.70. The van der Waals surface area contributed by atoms with Crippen LogP contribution < -0.4 is 10.6 Å². The third kappa shape index (κ3) is 2.61. The summed E-state index contributed by atoms with van der Waals surface area (Å²) in [5.41, 5.74) is 7.43. The second kappa shape index (κ2) is 5.35. The third-order valence-corrected chi connectivity index (χ3v) is 3.20. The molecule has 3 N–H and O–H groups in total. The van der Waals surface area contributed by atoms with Crippen LogP contribution in [0.15, 0.2) is 12.3 Å². The number of rotatable bonds is 6. The molecule has 1 aromatic heterocycles. The van der Waals surface area contributed by atoms with Crippen molar-refractivity contribution in [3.05, 3.63) is 23.4 Å². The molecule has 1 heterocycles. The Bertz CT molecular complexity index is 443. The molecule has 1 fully saturated rings. The van der Waals surface area contributed by atoms with Crippen LogP contribution in [0.4, 0.5) is 5.82 Å². The first-order chi connectivity index (χ1) is 8.65. The molecule has 0 spiro atoms. The van der Waals surface area contributed by atoms with Crippen LogP contribution in [0.25, 0.3) is 0 Å². The number of hydrogen-bond acceptors (Lipinski definition) is 4. The van der Waals surface area contributed by atoms with E-state index in [9.17, 15) is 0 Å². The quantitative estimate of drug-likeness (QED) is 0.587. The standard InChI is InChI=1S/C13H20N4O/c1-9-5-6-16-13(11(9)12(14)15)17(7-8-18-2)10-3-4-10/h5-6,10H,3-4,7-8H2,1-2H3,(H3,14,15). The molecule has 0 aromatic carbocycles. The van der Waals surface area contributed by atoms with Gasteiger partial charge in [-0.15, -0.1) is 0 Å². The highest BCUT2D eigenvalue weighted by Crippen LogP contribution is 2.32. The first-order valence-electron chi connectivity index (χ1n) is 6.20. The number of pyridine rings is 1. The van der Waals surface area contributed by atoms with Gasteiger partial charge in [-0.25, -0.2) is 4.98 Å². The number of amidine groups is 1. The lowest BCUT2D eigenvalue weighted by Gasteiger charge is -2.26. The van der Waals surface area contributed by atoms with Gasteiger partial charge in [-0.05, 0) is 31.4 Å². The molecule has 0 unspecified atom stereocenters. The van der Waals surface area contributed by atoms with Crippen molar-refractivity contribution in [2.24, 2.45) is 5.73 Å². The second-order valence-corrected chi connectivity index (χ2v) is 4.66. The molecule has 1 aliphatic carbocycles. The average molecular weight is 248 g/mol. The summed E-state index contributed by atoms with van der Waals surface area (Å²) in [4.78, 5) is 6.64. The van der Waals surface area contributed by atoms with Gasteiger partial charge in [-0.1, -0.05) is 0 Å². The van der Waals surface area contributed by atoms with Gasteiger partial charge in [-0.3, -0.25) is 5.41 Å². The van der Waals surface area contributed by atoms with Crippen LogP contribution in [0.3, 0.4) is 0 Å². The fourth-order valence-corrected chi connectivity index (χ4v) is 2.13. The van der Waals surface area contributed by atoms with Crippen LogP contribution in [0.2, 0.25) is 0 Å². The number of aromatic nitrogens is 1. The van der Waals surface area contributed by atoms with Crippen LogP contribution in [0, 0.1) is 12.3 Å². The Balaban J connectivity index is 2.34. The van der Waals surface area contributed by atoms with E-state index in [1.165, 1.54) is 12.8 Å². The van der Waals surface area contributed by atoms with Gasteiger partial charge in [0.25, 0.3) is 0 Å². The van der Waals surface area contributed by atoms with Gasteiger partial charge in [0.1, 0.15) is 11.7 Å². The number of nitrogens with one attached hydrogen (secondary N) is 1. The summed E-state index contributed by atoms with van der Waals surface area (Å²) in [5, 5.41) is 7.73.